The van der Waals surface area contributed by atoms with Crippen LogP contribution in [0, 0.1) is 0 Å². The summed E-state index contributed by atoms with van der Waals surface area (Å²) in [5, 5.41) is 5.74. The summed E-state index contributed by atoms with van der Waals surface area (Å²) >= 11 is 7.67. The zero-order valence-corrected chi connectivity index (χ0v) is 19.3. The quantitative estimate of drug-likeness (QED) is 0.538. The van der Waals surface area contributed by atoms with Crippen molar-refractivity contribution in [2.75, 3.05) is 25.1 Å². The molecule has 0 aliphatic carbocycles. The molecule has 0 aromatic heterocycles. The number of amides is 3. The summed E-state index contributed by atoms with van der Waals surface area (Å²) in [5.41, 5.74) is 1.33. The molecular formula is C23H28ClN3O3S. The summed E-state index contributed by atoms with van der Waals surface area (Å²) in [6, 6.07) is 15.6. The lowest BCUT2D eigenvalue weighted by atomic mass is 10.1. The van der Waals surface area contributed by atoms with Crippen LogP contribution < -0.4 is 10.6 Å². The van der Waals surface area contributed by atoms with Gasteiger partial charge >= 0.3 is 0 Å². The van der Waals surface area contributed by atoms with Gasteiger partial charge in [-0.15, -0.1) is 0 Å². The third-order valence-corrected chi connectivity index (χ3v) is 5.69. The van der Waals surface area contributed by atoms with Crippen molar-refractivity contribution in [1.82, 2.24) is 15.5 Å². The van der Waals surface area contributed by atoms with Gasteiger partial charge in [0.2, 0.25) is 11.8 Å². The minimum atomic E-state index is -0.756. The Hall–Kier alpha value is -2.51. The molecule has 8 heteroatoms. The second kappa shape index (κ2) is 13.0. The van der Waals surface area contributed by atoms with E-state index in [1.165, 1.54) is 0 Å². The number of nitrogens with one attached hydrogen (secondary N) is 2. The highest BCUT2D eigenvalue weighted by Crippen LogP contribution is 2.15. The van der Waals surface area contributed by atoms with E-state index in [4.69, 9.17) is 11.6 Å². The SMILES string of the molecule is CCN(Cc1ccccc1)C(=O)CNC(=O)C(CCSC)NC(=O)c1ccccc1Cl. The van der Waals surface area contributed by atoms with Gasteiger partial charge in [-0.2, -0.15) is 11.8 Å². The first kappa shape index (κ1) is 24.8. The molecule has 0 saturated carbocycles. The molecule has 0 spiro atoms. The lowest BCUT2D eigenvalue weighted by Gasteiger charge is -2.23. The highest BCUT2D eigenvalue weighted by atomic mass is 35.5. The van der Waals surface area contributed by atoms with Gasteiger partial charge in [0.05, 0.1) is 17.1 Å². The first-order valence-electron chi connectivity index (χ1n) is 10.1. The minimum Gasteiger partial charge on any atom is -0.345 e. The zero-order valence-electron chi connectivity index (χ0n) is 17.8. The van der Waals surface area contributed by atoms with E-state index in [9.17, 15) is 14.4 Å². The Morgan fingerprint density at radius 2 is 1.74 bits per heavy atom. The Morgan fingerprint density at radius 3 is 2.39 bits per heavy atom. The fourth-order valence-corrected chi connectivity index (χ4v) is 3.66. The molecule has 0 fully saturated rings. The molecule has 0 radical (unpaired) electrons. The Kier molecular flexibility index (Phi) is 10.4. The molecule has 0 heterocycles. The van der Waals surface area contributed by atoms with Crippen LogP contribution in [-0.2, 0) is 16.1 Å². The van der Waals surface area contributed by atoms with E-state index >= 15 is 0 Å². The van der Waals surface area contributed by atoms with Crippen LogP contribution >= 0.6 is 23.4 Å². The van der Waals surface area contributed by atoms with Crippen molar-refractivity contribution in [2.24, 2.45) is 0 Å². The highest BCUT2D eigenvalue weighted by molar-refractivity contribution is 7.98. The van der Waals surface area contributed by atoms with E-state index < -0.39 is 17.9 Å². The Balaban J connectivity index is 1.96. The number of nitrogens with zero attached hydrogens (tertiary/aromatic N) is 1. The predicted octanol–water partition coefficient (Wildman–Crippen LogP) is 3.36. The van der Waals surface area contributed by atoms with Crippen LogP contribution in [0.3, 0.4) is 0 Å². The number of carbonyl (C=O) groups is 3. The van der Waals surface area contributed by atoms with E-state index in [2.05, 4.69) is 10.6 Å². The average Bonchev–Trinajstić information content (AvgIpc) is 2.79. The molecule has 3 amide bonds. The molecule has 0 saturated heterocycles. The van der Waals surface area contributed by atoms with Crippen LogP contribution in [0.4, 0.5) is 0 Å². The van der Waals surface area contributed by atoms with Crippen LogP contribution in [0.1, 0.15) is 29.3 Å². The second-order valence-corrected chi connectivity index (χ2v) is 8.29. The van der Waals surface area contributed by atoms with Gasteiger partial charge in [0.15, 0.2) is 0 Å². The first-order chi connectivity index (χ1) is 15.0. The van der Waals surface area contributed by atoms with Crippen molar-refractivity contribution in [2.45, 2.75) is 25.9 Å². The normalized spacial score (nSPS) is 11.5. The summed E-state index contributed by atoms with van der Waals surface area (Å²) in [6.07, 6.45) is 2.37. The lowest BCUT2D eigenvalue weighted by Crippen LogP contribution is -2.49. The van der Waals surface area contributed by atoms with Crippen molar-refractivity contribution >= 4 is 41.1 Å². The number of hydrogen-bond acceptors (Lipinski definition) is 4. The average molecular weight is 462 g/mol. The Bertz CT molecular complexity index is 879. The summed E-state index contributed by atoms with van der Waals surface area (Å²) < 4.78 is 0. The highest BCUT2D eigenvalue weighted by Gasteiger charge is 2.23. The van der Waals surface area contributed by atoms with Gasteiger partial charge in [-0.1, -0.05) is 54.1 Å². The molecule has 0 aliphatic rings. The van der Waals surface area contributed by atoms with Crippen LogP contribution in [-0.4, -0.2) is 53.8 Å². The van der Waals surface area contributed by atoms with E-state index in [0.717, 1.165) is 5.56 Å². The largest absolute Gasteiger partial charge is 0.345 e. The number of carbonyl (C=O) groups excluding carboxylic acids is 3. The molecule has 1 atom stereocenters. The summed E-state index contributed by atoms with van der Waals surface area (Å²) in [5.74, 6) is -0.305. The van der Waals surface area contributed by atoms with Crippen molar-refractivity contribution in [1.29, 1.82) is 0 Å². The number of hydrogen-bond donors (Lipinski definition) is 2. The van der Waals surface area contributed by atoms with E-state index in [-0.39, 0.29) is 12.5 Å². The maximum absolute atomic E-state index is 12.7. The van der Waals surface area contributed by atoms with Gasteiger partial charge in [0.25, 0.3) is 5.91 Å². The van der Waals surface area contributed by atoms with Crippen molar-refractivity contribution in [3.8, 4) is 0 Å². The summed E-state index contributed by atoms with van der Waals surface area (Å²) in [4.78, 5) is 39.6. The maximum Gasteiger partial charge on any atom is 0.253 e. The monoisotopic (exact) mass is 461 g/mol. The standard InChI is InChI=1S/C23H28ClN3O3S/c1-3-27(16-17-9-5-4-6-10-17)21(28)15-25-23(30)20(13-14-31-2)26-22(29)18-11-7-8-12-19(18)24/h4-12,20H,3,13-16H2,1-2H3,(H,25,30)(H,26,29). The third kappa shape index (κ3) is 7.92. The van der Waals surface area contributed by atoms with Crippen molar-refractivity contribution in [3.05, 3.63) is 70.7 Å². The molecule has 2 aromatic rings. The topological polar surface area (TPSA) is 78.5 Å². The van der Waals surface area contributed by atoms with Crippen LogP contribution in [0.25, 0.3) is 0 Å². The molecule has 0 aliphatic heterocycles. The molecule has 31 heavy (non-hydrogen) atoms. The van der Waals surface area contributed by atoms with Gasteiger partial charge in [0.1, 0.15) is 6.04 Å². The number of halogens is 1. The van der Waals surface area contributed by atoms with Crippen molar-refractivity contribution < 1.29 is 14.4 Å². The fraction of sp³-hybridized carbons (Fsp3) is 0.348. The van der Waals surface area contributed by atoms with Gasteiger partial charge < -0.3 is 15.5 Å². The molecule has 166 valence electrons. The third-order valence-electron chi connectivity index (χ3n) is 4.72. The zero-order chi connectivity index (χ0) is 22.6. The van der Waals surface area contributed by atoms with Gasteiger partial charge in [-0.05, 0) is 43.0 Å². The first-order valence-corrected chi connectivity index (χ1v) is 11.9. The van der Waals surface area contributed by atoms with Crippen molar-refractivity contribution in [3.63, 3.8) is 0 Å². The Morgan fingerprint density at radius 1 is 1.06 bits per heavy atom. The number of likely N-dealkylation sites (N-methyl/N-ethyl adjacent to an activating group) is 1. The predicted molar refractivity (Wildman–Crippen MR) is 126 cm³/mol. The molecule has 2 aromatic carbocycles. The molecular weight excluding hydrogens is 434 g/mol. The van der Waals surface area contributed by atoms with Crippen LogP contribution in [0.5, 0.6) is 0 Å². The van der Waals surface area contributed by atoms with E-state index in [0.29, 0.717) is 35.8 Å². The van der Waals surface area contributed by atoms with Gasteiger partial charge in [-0.3, -0.25) is 14.4 Å². The fourth-order valence-electron chi connectivity index (χ4n) is 2.96. The maximum atomic E-state index is 12.7. The smallest absolute Gasteiger partial charge is 0.253 e. The molecule has 6 nitrogen and oxygen atoms in total. The summed E-state index contributed by atoms with van der Waals surface area (Å²) in [6.45, 7) is 2.78. The number of benzene rings is 2. The van der Waals surface area contributed by atoms with Crippen LogP contribution in [0.2, 0.25) is 5.02 Å². The van der Waals surface area contributed by atoms with Crippen LogP contribution in [0.15, 0.2) is 54.6 Å². The molecule has 2 rings (SSSR count). The number of rotatable bonds is 11. The second-order valence-electron chi connectivity index (χ2n) is 6.90. The summed E-state index contributed by atoms with van der Waals surface area (Å²) in [7, 11) is 0. The molecule has 1 unspecified atom stereocenters. The Labute approximate surface area is 192 Å². The minimum absolute atomic E-state index is 0.128. The lowest BCUT2D eigenvalue weighted by molar-refractivity contribution is -0.133. The molecule has 0 bridgehead atoms. The van der Waals surface area contributed by atoms with Gasteiger partial charge in [-0.25, -0.2) is 0 Å². The van der Waals surface area contributed by atoms with E-state index in [1.807, 2.05) is 43.5 Å². The van der Waals surface area contributed by atoms with Gasteiger partial charge in [0, 0.05) is 13.1 Å². The number of thioether (sulfide) groups is 1. The van der Waals surface area contributed by atoms with E-state index in [1.54, 1.807) is 40.9 Å². The molecule has 2 N–H and O–H groups in total.